The number of aromatic nitrogens is 3. The van der Waals surface area contributed by atoms with Crippen molar-refractivity contribution < 1.29 is 23.1 Å². The first kappa shape index (κ1) is 26.2. The fourth-order valence-electron chi connectivity index (χ4n) is 3.96. The minimum atomic E-state index is -1.10. The zero-order chi connectivity index (χ0) is 27.4. The molecule has 1 unspecified atom stereocenters. The van der Waals surface area contributed by atoms with Crippen molar-refractivity contribution in [3.05, 3.63) is 99.1 Å². The molecule has 192 valence electrons. The third-order valence-electron chi connectivity index (χ3n) is 5.75. The van der Waals surface area contributed by atoms with Gasteiger partial charge in [-0.1, -0.05) is 11.6 Å². The predicted molar refractivity (Wildman–Crippen MR) is 133 cm³/mol. The first-order chi connectivity index (χ1) is 18.2. The van der Waals surface area contributed by atoms with E-state index in [1.165, 1.54) is 54.9 Å². The van der Waals surface area contributed by atoms with Crippen molar-refractivity contribution in [3.63, 3.8) is 0 Å². The number of primary amides is 1. The van der Waals surface area contributed by atoms with Gasteiger partial charge in [0.2, 0.25) is 0 Å². The van der Waals surface area contributed by atoms with Crippen LogP contribution in [-0.4, -0.2) is 33.3 Å². The van der Waals surface area contributed by atoms with E-state index in [1.807, 2.05) is 0 Å². The Morgan fingerprint density at radius 1 is 1.26 bits per heavy atom. The average Bonchev–Trinajstić information content (AvgIpc) is 3.40. The molecule has 0 saturated carbocycles. The number of halogens is 2. The Kier molecular flexibility index (Phi) is 7.64. The Morgan fingerprint density at radius 3 is 2.68 bits per heavy atom. The number of benzene rings is 1. The standard InChI is InChI=1S/C26H19ClFN5O5/c1-37-23-12-33(24(35)8-19(23)18-6-16(27)3-2-15(18)9-29)21(7-17-11-31-13-38-17)22(34)5-14-4-20(28)25(26(30)36)32-10-14/h2-4,6,8,10-13,21H,5,7H2,1H3,(H2,30,36). The van der Waals surface area contributed by atoms with Crippen molar-refractivity contribution >= 4 is 23.3 Å². The SMILES string of the molecule is COc1cn(C(Cc2cnco2)C(=O)Cc2cnc(C(N)=O)c(F)c2)c(=O)cc1-c1cc(Cl)ccc1C#N. The summed E-state index contributed by atoms with van der Waals surface area (Å²) in [7, 11) is 1.38. The van der Waals surface area contributed by atoms with Crippen molar-refractivity contribution in [2.45, 2.75) is 18.9 Å². The van der Waals surface area contributed by atoms with Crippen LogP contribution in [0.5, 0.6) is 5.75 Å². The largest absolute Gasteiger partial charge is 0.495 e. The van der Waals surface area contributed by atoms with Crippen molar-refractivity contribution in [2.75, 3.05) is 7.11 Å². The lowest BCUT2D eigenvalue weighted by Crippen LogP contribution is -2.32. The van der Waals surface area contributed by atoms with Crippen LogP contribution in [0.1, 0.15) is 33.4 Å². The summed E-state index contributed by atoms with van der Waals surface area (Å²) in [4.78, 5) is 45.6. The minimum Gasteiger partial charge on any atom is -0.495 e. The average molecular weight is 536 g/mol. The van der Waals surface area contributed by atoms with Gasteiger partial charge in [-0.05, 0) is 29.8 Å². The van der Waals surface area contributed by atoms with E-state index in [4.69, 9.17) is 26.5 Å². The number of nitrogens with zero attached hydrogens (tertiary/aromatic N) is 4. The lowest BCUT2D eigenvalue weighted by atomic mass is 9.98. The Hall–Kier alpha value is -4.82. The number of carbonyl (C=O) groups excluding carboxylic acids is 2. The lowest BCUT2D eigenvalue weighted by Gasteiger charge is -2.20. The van der Waals surface area contributed by atoms with E-state index in [1.54, 1.807) is 6.07 Å². The summed E-state index contributed by atoms with van der Waals surface area (Å²) in [6, 6.07) is 7.80. The van der Waals surface area contributed by atoms with Crippen LogP contribution in [0.2, 0.25) is 5.02 Å². The molecule has 10 nitrogen and oxygen atoms in total. The van der Waals surface area contributed by atoms with Gasteiger partial charge in [-0.25, -0.2) is 14.4 Å². The number of rotatable bonds is 9. The van der Waals surface area contributed by atoms with Gasteiger partial charge in [-0.3, -0.25) is 14.4 Å². The minimum absolute atomic E-state index is 0.0445. The zero-order valence-electron chi connectivity index (χ0n) is 19.9. The second kappa shape index (κ2) is 11.1. The van der Waals surface area contributed by atoms with Crippen LogP contribution in [0.4, 0.5) is 4.39 Å². The van der Waals surface area contributed by atoms with Gasteiger partial charge in [0.05, 0.1) is 31.1 Å². The number of amides is 1. The highest BCUT2D eigenvalue weighted by Gasteiger charge is 2.26. The monoisotopic (exact) mass is 535 g/mol. The maximum Gasteiger partial charge on any atom is 0.270 e. The molecule has 3 aromatic heterocycles. The molecule has 0 aliphatic rings. The Bertz CT molecular complexity index is 1630. The second-order valence-corrected chi connectivity index (χ2v) is 8.61. The molecular formula is C26H19ClFN5O5. The zero-order valence-corrected chi connectivity index (χ0v) is 20.6. The molecule has 1 atom stereocenters. The number of pyridine rings is 2. The summed E-state index contributed by atoms with van der Waals surface area (Å²) >= 11 is 6.13. The quantitative estimate of drug-likeness (QED) is 0.342. The van der Waals surface area contributed by atoms with Crippen molar-refractivity contribution in [2.24, 2.45) is 5.73 Å². The van der Waals surface area contributed by atoms with E-state index in [0.717, 1.165) is 6.07 Å². The summed E-state index contributed by atoms with van der Waals surface area (Å²) in [5.74, 6) is -1.95. The summed E-state index contributed by atoms with van der Waals surface area (Å²) in [5.41, 5.74) is 5.11. The molecule has 0 aliphatic heterocycles. The van der Waals surface area contributed by atoms with Crippen LogP contribution < -0.4 is 16.0 Å². The molecule has 4 aromatic rings. The van der Waals surface area contributed by atoms with E-state index >= 15 is 0 Å². The van der Waals surface area contributed by atoms with Gasteiger partial charge >= 0.3 is 0 Å². The number of oxazole rings is 1. The molecular weight excluding hydrogens is 517 g/mol. The number of Topliss-reactive ketones (excluding diaryl/α,β-unsaturated/α-hetero) is 1. The molecule has 3 heterocycles. The number of hydrogen-bond donors (Lipinski definition) is 1. The Labute approximate surface area is 220 Å². The van der Waals surface area contributed by atoms with Gasteiger partial charge in [-0.2, -0.15) is 5.26 Å². The molecule has 0 saturated heterocycles. The second-order valence-electron chi connectivity index (χ2n) is 8.17. The van der Waals surface area contributed by atoms with E-state index in [0.29, 0.717) is 21.9 Å². The van der Waals surface area contributed by atoms with Gasteiger partial charge < -0.3 is 19.5 Å². The predicted octanol–water partition coefficient (Wildman–Crippen LogP) is 3.27. The summed E-state index contributed by atoms with van der Waals surface area (Å²) in [5, 5.41) is 9.89. The van der Waals surface area contributed by atoms with E-state index in [2.05, 4.69) is 16.0 Å². The number of nitriles is 1. The lowest BCUT2D eigenvalue weighted by molar-refractivity contribution is -0.121. The molecule has 0 radical (unpaired) electrons. The van der Waals surface area contributed by atoms with Crippen LogP contribution in [0, 0.1) is 17.1 Å². The van der Waals surface area contributed by atoms with Crippen LogP contribution >= 0.6 is 11.6 Å². The highest BCUT2D eigenvalue weighted by molar-refractivity contribution is 6.31. The third-order valence-corrected chi connectivity index (χ3v) is 5.99. The molecule has 38 heavy (non-hydrogen) atoms. The molecule has 1 aromatic carbocycles. The summed E-state index contributed by atoms with van der Waals surface area (Å²) < 4.78 is 26.2. The number of methoxy groups -OCH3 is 1. The number of hydrogen-bond acceptors (Lipinski definition) is 8. The molecule has 2 N–H and O–H groups in total. The Morgan fingerprint density at radius 2 is 2.05 bits per heavy atom. The van der Waals surface area contributed by atoms with Gasteiger partial charge in [0.15, 0.2) is 23.7 Å². The van der Waals surface area contributed by atoms with E-state index in [-0.39, 0.29) is 29.7 Å². The first-order valence-corrected chi connectivity index (χ1v) is 11.4. The van der Waals surface area contributed by atoms with Crippen molar-refractivity contribution in [1.82, 2.24) is 14.5 Å². The number of ketones is 1. The third kappa shape index (κ3) is 5.45. The molecule has 0 fully saturated rings. The highest BCUT2D eigenvalue weighted by Crippen LogP contribution is 2.33. The van der Waals surface area contributed by atoms with Crippen LogP contribution in [-0.2, 0) is 17.6 Å². The number of nitrogens with two attached hydrogens (primary N) is 1. The van der Waals surface area contributed by atoms with Gasteiger partial charge in [-0.15, -0.1) is 0 Å². The maximum atomic E-state index is 14.2. The molecule has 0 bridgehead atoms. The summed E-state index contributed by atoms with van der Waals surface area (Å²) in [6.45, 7) is 0. The van der Waals surface area contributed by atoms with Crippen LogP contribution in [0.25, 0.3) is 11.1 Å². The fraction of sp³-hybridized carbons (Fsp3) is 0.154. The van der Waals surface area contributed by atoms with Crippen molar-refractivity contribution in [3.8, 4) is 22.9 Å². The molecule has 4 rings (SSSR count). The Balaban J connectivity index is 1.78. The normalized spacial score (nSPS) is 11.5. The van der Waals surface area contributed by atoms with Crippen LogP contribution in [0.3, 0.4) is 0 Å². The fourth-order valence-corrected chi connectivity index (χ4v) is 4.13. The smallest absolute Gasteiger partial charge is 0.270 e. The number of carbonyl (C=O) groups is 2. The summed E-state index contributed by atoms with van der Waals surface area (Å²) in [6.07, 6.45) is 4.76. The van der Waals surface area contributed by atoms with E-state index < -0.39 is 34.8 Å². The topological polar surface area (TPSA) is 154 Å². The molecule has 0 aliphatic carbocycles. The van der Waals surface area contributed by atoms with Gasteiger partial charge in [0.25, 0.3) is 11.5 Å². The van der Waals surface area contributed by atoms with E-state index in [9.17, 15) is 24.0 Å². The first-order valence-electron chi connectivity index (χ1n) is 11.1. The molecule has 0 spiro atoms. The van der Waals surface area contributed by atoms with Crippen LogP contribution in [0.15, 0.2) is 64.5 Å². The maximum absolute atomic E-state index is 14.2. The molecule has 12 heteroatoms. The van der Waals surface area contributed by atoms with Crippen molar-refractivity contribution in [1.29, 1.82) is 5.26 Å². The molecule has 1 amide bonds. The number of ether oxygens (including phenoxy) is 1. The van der Waals surface area contributed by atoms with Gasteiger partial charge in [0.1, 0.15) is 17.6 Å². The van der Waals surface area contributed by atoms with Gasteiger partial charge in [0, 0.05) is 41.3 Å². The highest BCUT2D eigenvalue weighted by atomic mass is 35.5.